The Morgan fingerprint density at radius 3 is 0.945 bits per heavy atom. The Bertz CT molecular complexity index is 803. The standard InChI is InChI=1S/3C10H24N4.C9H22N4/c1-11-3-5-13-7-9-14(10-8-13)6-4-12-2;1-10(2,12)9-14-7-5-13(4-3-11)6-8-14;1-2-10(12)9-14-7-5-13(4-3-11)6-8-14;1-11-3-5-13-8-6-12(4-2-10)7-9-13/h11-12H,3-10H2,1-2H3;3-9,11-12H2,1-2H3;10H,2-9,11-12H2,1H3;11H,2-10H2,1H3. The summed E-state index contributed by atoms with van der Waals surface area (Å²) in [6.45, 7) is 39.4. The Morgan fingerprint density at radius 2 is 0.709 bits per heavy atom. The van der Waals surface area contributed by atoms with E-state index in [2.05, 4.69) is 75.9 Å². The SMILES string of the molecule is CC(C)(N)CN1CCN(CCN)CC1.CCC(N)CN1CCN(CCN)CC1.CNCCN1CCN(CCN)CC1.CNCCN1CCN(CCNC)CC1. The van der Waals surface area contributed by atoms with E-state index in [4.69, 9.17) is 28.7 Å². The van der Waals surface area contributed by atoms with E-state index >= 15 is 0 Å². The van der Waals surface area contributed by atoms with E-state index in [0.717, 1.165) is 131 Å². The van der Waals surface area contributed by atoms with Gasteiger partial charge in [0.05, 0.1) is 0 Å². The molecule has 330 valence electrons. The van der Waals surface area contributed by atoms with Crippen LogP contribution in [-0.2, 0) is 0 Å². The van der Waals surface area contributed by atoms with Crippen LogP contribution in [0, 0.1) is 0 Å². The monoisotopic (exact) mass is 787 g/mol. The van der Waals surface area contributed by atoms with Crippen LogP contribution in [0.5, 0.6) is 0 Å². The van der Waals surface area contributed by atoms with Crippen LogP contribution in [0.2, 0.25) is 0 Å². The summed E-state index contributed by atoms with van der Waals surface area (Å²) in [6.07, 6.45) is 1.07. The summed E-state index contributed by atoms with van der Waals surface area (Å²) in [5.41, 5.74) is 28.4. The van der Waals surface area contributed by atoms with Gasteiger partial charge in [0, 0.05) is 208 Å². The highest BCUT2D eigenvalue weighted by molar-refractivity contribution is 4.81. The molecule has 0 aromatic rings. The minimum absolute atomic E-state index is 0.0734. The zero-order chi connectivity index (χ0) is 40.7. The molecule has 4 fully saturated rings. The van der Waals surface area contributed by atoms with Gasteiger partial charge in [-0.1, -0.05) is 6.92 Å². The lowest BCUT2D eigenvalue weighted by molar-refractivity contribution is 0.118. The van der Waals surface area contributed by atoms with Crippen molar-refractivity contribution in [1.82, 2.24) is 55.1 Å². The third-order valence-electron chi connectivity index (χ3n) is 10.9. The van der Waals surface area contributed by atoms with E-state index in [9.17, 15) is 0 Å². The van der Waals surface area contributed by atoms with Crippen molar-refractivity contribution < 1.29 is 0 Å². The number of piperazine rings is 4. The van der Waals surface area contributed by atoms with Crippen molar-refractivity contribution in [2.45, 2.75) is 38.8 Å². The number of hydrogen-bond donors (Lipinski definition) is 8. The van der Waals surface area contributed by atoms with Gasteiger partial charge < -0.3 is 44.6 Å². The zero-order valence-electron chi connectivity index (χ0n) is 37.0. The fraction of sp³-hybridized carbons (Fsp3) is 1.00. The van der Waals surface area contributed by atoms with Gasteiger partial charge in [-0.2, -0.15) is 0 Å². The Kier molecular flexibility index (Phi) is 31.6. The molecule has 0 aromatic carbocycles. The second-order valence-electron chi connectivity index (χ2n) is 16.5. The number of rotatable bonds is 20. The maximum absolute atomic E-state index is 5.98. The van der Waals surface area contributed by atoms with E-state index in [1.807, 2.05) is 21.1 Å². The second-order valence-corrected chi connectivity index (χ2v) is 16.5. The van der Waals surface area contributed by atoms with Crippen LogP contribution in [0.15, 0.2) is 0 Å². The van der Waals surface area contributed by atoms with Crippen molar-refractivity contribution in [2.75, 3.05) is 217 Å². The zero-order valence-corrected chi connectivity index (χ0v) is 37.0. The molecule has 4 saturated heterocycles. The van der Waals surface area contributed by atoms with Gasteiger partial charge in [0.15, 0.2) is 0 Å². The van der Waals surface area contributed by atoms with E-state index in [1.54, 1.807) is 0 Å². The van der Waals surface area contributed by atoms with Gasteiger partial charge >= 0.3 is 0 Å². The number of nitrogens with two attached hydrogens (primary N) is 5. The van der Waals surface area contributed by atoms with Crippen LogP contribution in [0.25, 0.3) is 0 Å². The van der Waals surface area contributed by atoms with Gasteiger partial charge in [-0.15, -0.1) is 0 Å². The molecule has 4 aliphatic rings. The first kappa shape index (κ1) is 52.4. The van der Waals surface area contributed by atoms with Crippen molar-refractivity contribution in [1.29, 1.82) is 0 Å². The van der Waals surface area contributed by atoms with Crippen LogP contribution in [0.4, 0.5) is 0 Å². The molecule has 4 rings (SSSR count). The van der Waals surface area contributed by atoms with Gasteiger partial charge in [0.1, 0.15) is 0 Å². The lowest BCUT2D eigenvalue weighted by atomic mass is 10.1. The van der Waals surface area contributed by atoms with E-state index in [1.165, 1.54) is 72.0 Å². The largest absolute Gasteiger partial charge is 0.329 e. The number of nitrogens with zero attached hydrogens (tertiary/aromatic N) is 8. The molecular weight excluding hydrogens is 693 g/mol. The first-order valence-electron chi connectivity index (χ1n) is 21.9. The highest BCUT2D eigenvalue weighted by atomic mass is 15.3. The molecule has 1 atom stereocenters. The lowest BCUT2D eigenvalue weighted by Gasteiger charge is -2.37. The van der Waals surface area contributed by atoms with Crippen molar-refractivity contribution in [3.63, 3.8) is 0 Å². The Hall–Kier alpha value is -0.640. The molecule has 0 aromatic heterocycles. The van der Waals surface area contributed by atoms with Crippen LogP contribution >= 0.6 is 0 Å². The smallest absolute Gasteiger partial charge is 0.0226 e. The van der Waals surface area contributed by atoms with Crippen LogP contribution in [0.1, 0.15) is 27.2 Å². The summed E-state index contributed by atoms with van der Waals surface area (Å²) >= 11 is 0. The molecular formula is C39H94N16. The maximum atomic E-state index is 5.98. The maximum Gasteiger partial charge on any atom is 0.0226 e. The topological polar surface area (TPSA) is 192 Å². The predicted molar refractivity (Wildman–Crippen MR) is 237 cm³/mol. The third-order valence-corrected chi connectivity index (χ3v) is 10.9. The Morgan fingerprint density at radius 1 is 0.455 bits per heavy atom. The van der Waals surface area contributed by atoms with Crippen molar-refractivity contribution >= 4 is 0 Å². The van der Waals surface area contributed by atoms with E-state index < -0.39 is 0 Å². The molecule has 4 aliphatic heterocycles. The number of hydrogen-bond acceptors (Lipinski definition) is 16. The number of likely N-dealkylation sites (N-methyl/N-ethyl adjacent to an activating group) is 3. The van der Waals surface area contributed by atoms with Gasteiger partial charge in [-0.25, -0.2) is 0 Å². The van der Waals surface area contributed by atoms with Crippen molar-refractivity contribution in [2.24, 2.45) is 28.7 Å². The molecule has 13 N–H and O–H groups in total. The fourth-order valence-electron chi connectivity index (χ4n) is 7.23. The quantitative estimate of drug-likeness (QED) is 0.0604. The molecule has 1 unspecified atom stereocenters. The summed E-state index contributed by atoms with van der Waals surface area (Å²) in [5, 5.41) is 9.57. The lowest BCUT2D eigenvalue weighted by Crippen LogP contribution is -2.53. The highest BCUT2D eigenvalue weighted by Gasteiger charge is 2.21. The van der Waals surface area contributed by atoms with Crippen LogP contribution < -0.4 is 44.6 Å². The summed E-state index contributed by atoms with van der Waals surface area (Å²) < 4.78 is 0. The first-order chi connectivity index (χ1) is 26.5. The second kappa shape index (κ2) is 33.2. The summed E-state index contributed by atoms with van der Waals surface area (Å²) in [6, 6.07) is 0.344. The van der Waals surface area contributed by atoms with Gasteiger partial charge in [0.25, 0.3) is 0 Å². The van der Waals surface area contributed by atoms with Crippen LogP contribution in [-0.4, -0.2) is 268 Å². The van der Waals surface area contributed by atoms with Crippen molar-refractivity contribution in [3.8, 4) is 0 Å². The molecule has 0 saturated carbocycles. The van der Waals surface area contributed by atoms with Gasteiger partial charge in [-0.05, 0) is 41.4 Å². The summed E-state index contributed by atoms with van der Waals surface area (Å²) in [4.78, 5) is 19.8. The first-order valence-corrected chi connectivity index (χ1v) is 21.9. The molecule has 4 heterocycles. The molecule has 0 amide bonds. The minimum Gasteiger partial charge on any atom is -0.329 e. The molecule has 16 nitrogen and oxygen atoms in total. The predicted octanol–water partition coefficient (Wildman–Crippen LogP) is -3.58. The highest BCUT2D eigenvalue weighted by Crippen LogP contribution is 2.06. The molecule has 55 heavy (non-hydrogen) atoms. The Balaban J connectivity index is 0.000000367. The van der Waals surface area contributed by atoms with E-state index in [0.29, 0.717) is 6.04 Å². The normalized spacial score (nSPS) is 21.2. The number of nitrogens with one attached hydrogen (secondary N) is 3. The molecule has 0 radical (unpaired) electrons. The molecule has 0 aliphatic carbocycles. The average Bonchev–Trinajstić information content (AvgIpc) is 3.18. The van der Waals surface area contributed by atoms with Crippen LogP contribution in [0.3, 0.4) is 0 Å². The van der Waals surface area contributed by atoms with Gasteiger partial charge in [-0.3, -0.25) is 39.2 Å². The molecule has 0 spiro atoms. The van der Waals surface area contributed by atoms with Gasteiger partial charge in [0.2, 0.25) is 0 Å². The summed E-state index contributed by atoms with van der Waals surface area (Å²) in [7, 11) is 6.04. The Labute approximate surface area is 339 Å². The minimum atomic E-state index is -0.0734. The third kappa shape index (κ3) is 27.6. The van der Waals surface area contributed by atoms with E-state index in [-0.39, 0.29) is 5.54 Å². The van der Waals surface area contributed by atoms with Crippen molar-refractivity contribution in [3.05, 3.63) is 0 Å². The summed E-state index contributed by atoms with van der Waals surface area (Å²) in [5.74, 6) is 0. The fourth-order valence-corrected chi connectivity index (χ4v) is 7.23. The molecule has 16 heteroatoms. The average molecular weight is 787 g/mol. The molecule has 0 bridgehead atoms.